The smallest absolute Gasteiger partial charge is 0.340 e. The molecule has 1 N–H and O–H groups in total. The number of rotatable bonds is 3. The molecule has 104 valence electrons. The van der Waals surface area contributed by atoms with Gasteiger partial charge in [-0.1, -0.05) is 17.7 Å². The van der Waals surface area contributed by atoms with E-state index in [1.54, 1.807) is 13.0 Å². The third-order valence-electron chi connectivity index (χ3n) is 2.85. The predicted octanol–water partition coefficient (Wildman–Crippen LogP) is 2.75. The number of aryl methyl sites for hydroxylation is 2. The summed E-state index contributed by atoms with van der Waals surface area (Å²) in [5, 5.41) is 23.8. The lowest BCUT2D eigenvalue weighted by molar-refractivity contribution is -0.384. The van der Waals surface area contributed by atoms with E-state index in [-0.39, 0.29) is 22.1 Å². The number of carboxylic acid groups (broad SMARTS) is 1. The first-order valence-corrected chi connectivity index (χ1v) is 5.94. The van der Waals surface area contributed by atoms with E-state index in [9.17, 15) is 14.9 Å². The van der Waals surface area contributed by atoms with Crippen molar-refractivity contribution in [3.8, 4) is 5.69 Å². The lowest BCUT2D eigenvalue weighted by atomic mass is 10.2. The summed E-state index contributed by atoms with van der Waals surface area (Å²) >= 11 is 6.01. The van der Waals surface area contributed by atoms with Crippen molar-refractivity contribution in [2.45, 2.75) is 13.8 Å². The number of carboxylic acids is 1. The first-order valence-electron chi connectivity index (χ1n) is 5.56. The van der Waals surface area contributed by atoms with E-state index in [2.05, 4.69) is 5.10 Å². The summed E-state index contributed by atoms with van der Waals surface area (Å²) in [5.74, 6) is -1.19. The van der Waals surface area contributed by atoms with E-state index >= 15 is 0 Å². The maximum Gasteiger partial charge on any atom is 0.340 e. The van der Waals surface area contributed by atoms with E-state index in [1.165, 1.54) is 23.7 Å². The van der Waals surface area contributed by atoms with Crippen LogP contribution in [0.3, 0.4) is 0 Å². The van der Waals surface area contributed by atoms with E-state index in [0.717, 1.165) is 0 Å². The van der Waals surface area contributed by atoms with Gasteiger partial charge in [0.15, 0.2) is 0 Å². The van der Waals surface area contributed by atoms with Gasteiger partial charge in [-0.3, -0.25) is 10.1 Å². The fourth-order valence-corrected chi connectivity index (χ4v) is 2.19. The standard InChI is InChI=1S/C12H10ClN3O4/c1-6-3-4-8(16(19)20)5-9(6)15-11(13)10(12(17)18)7(2)14-15/h3-5H,1-2H3,(H,17,18). The molecule has 0 aliphatic rings. The lowest BCUT2D eigenvalue weighted by Gasteiger charge is -2.06. The summed E-state index contributed by atoms with van der Waals surface area (Å²) in [6.45, 7) is 3.24. The van der Waals surface area contributed by atoms with Gasteiger partial charge in [0.25, 0.3) is 5.69 Å². The number of nitro benzene ring substituents is 1. The molecule has 0 atom stereocenters. The fourth-order valence-electron chi connectivity index (χ4n) is 1.84. The van der Waals surface area contributed by atoms with Gasteiger partial charge in [0.1, 0.15) is 10.7 Å². The van der Waals surface area contributed by atoms with Crippen LogP contribution in [0.1, 0.15) is 21.6 Å². The van der Waals surface area contributed by atoms with Crippen molar-refractivity contribution >= 4 is 23.3 Å². The molecular formula is C12H10ClN3O4. The Bertz CT molecular complexity index is 724. The predicted molar refractivity (Wildman–Crippen MR) is 71.7 cm³/mol. The van der Waals surface area contributed by atoms with Gasteiger partial charge in [-0.2, -0.15) is 5.10 Å². The van der Waals surface area contributed by atoms with Crippen LogP contribution >= 0.6 is 11.6 Å². The van der Waals surface area contributed by atoms with Gasteiger partial charge in [0.05, 0.1) is 16.3 Å². The molecule has 0 radical (unpaired) electrons. The van der Waals surface area contributed by atoms with Crippen LogP contribution in [0.5, 0.6) is 0 Å². The molecule has 0 bridgehead atoms. The van der Waals surface area contributed by atoms with Gasteiger partial charge >= 0.3 is 5.97 Å². The Kier molecular flexibility index (Phi) is 3.46. The summed E-state index contributed by atoms with van der Waals surface area (Å²) in [5.41, 5.74) is 1.08. The van der Waals surface area contributed by atoms with Crippen LogP contribution in [0.2, 0.25) is 5.15 Å². The van der Waals surface area contributed by atoms with Gasteiger partial charge in [-0.15, -0.1) is 0 Å². The van der Waals surface area contributed by atoms with Crippen molar-refractivity contribution in [3.05, 3.63) is 50.3 Å². The largest absolute Gasteiger partial charge is 0.478 e. The van der Waals surface area contributed by atoms with E-state index < -0.39 is 10.9 Å². The third-order valence-corrected chi connectivity index (χ3v) is 3.20. The molecule has 1 aromatic carbocycles. The van der Waals surface area contributed by atoms with Crippen LogP contribution in [-0.2, 0) is 0 Å². The fraction of sp³-hybridized carbons (Fsp3) is 0.167. The van der Waals surface area contributed by atoms with Gasteiger partial charge in [-0.05, 0) is 19.4 Å². The highest BCUT2D eigenvalue weighted by Crippen LogP contribution is 2.27. The molecule has 2 rings (SSSR count). The Labute approximate surface area is 118 Å². The van der Waals surface area contributed by atoms with Crippen LogP contribution in [0.15, 0.2) is 18.2 Å². The van der Waals surface area contributed by atoms with Gasteiger partial charge in [0, 0.05) is 12.1 Å². The molecule has 0 fully saturated rings. The summed E-state index contributed by atoms with van der Waals surface area (Å²) in [7, 11) is 0. The Balaban J connectivity index is 2.69. The van der Waals surface area contributed by atoms with Gasteiger partial charge in [-0.25, -0.2) is 9.48 Å². The van der Waals surface area contributed by atoms with Crippen molar-refractivity contribution in [1.29, 1.82) is 0 Å². The van der Waals surface area contributed by atoms with Crippen LogP contribution in [0.4, 0.5) is 5.69 Å². The number of halogens is 1. The Morgan fingerprint density at radius 1 is 1.45 bits per heavy atom. The summed E-state index contributed by atoms with van der Waals surface area (Å²) in [4.78, 5) is 21.4. The van der Waals surface area contributed by atoms with Crippen LogP contribution in [-0.4, -0.2) is 25.8 Å². The zero-order valence-electron chi connectivity index (χ0n) is 10.6. The normalized spacial score (nSPS) is 10.6. The van der Waals surface area contributed by atoms with Crippen molar-refractivity contribution in [2.75, 3.05) is 0 Å². The summed E-state index contributed by atoms with van der Waals surface area (Å²) in [6, 6.07) is 4.22. The minimum absolute atomic E-state index is 0.0846. The average Bonchev–Trinajstić information content (AvgIpc) is 2.64. The SMILES string of the molecule is Cc1ccc([N+](=O)[O-])cc1-n1nc(C)c(C(=O)O)c1Cl. The summed E-state index contributed by atoms with van der Waals surface area (Å²) < 4.78 is 1.20. The highest BCUT2D eigenvalue weighted by atomic mass is 35.5. The quantitative estimate of drug-likeness (QED) is 0.693. The second-order valence-electron chi connectivity index (χ2n) is 4.20. The monoisotopic (exact) mass is 295 g/mol. The highest BCUT2D eigenvalue weighted by molar-refractivity contribution is 6.33. The average molecular weight is 296 g/mol. The molecule has 2 aromatic rings. The van der Waals surface area contributed by atoms with Crippen molar-refractivity contribution < 1.29 is 14.8 Å². The minimum atomic E-state index is -1.19. The molecule has 1 heterocycles. The molecule has 0 aliphatic carbocycles. The molecule has 0 spiro atoms. The maximum absolute atomic E-state index is 11.1. The molecule has 0 aliphatic heterocycles. The minimum Gasteiger partial charge on any atom is -0.478 e. The number of aromatic nitrogens is 2. The van der Waals surface area contributed by atoms with Crippen LogP contribution in [0, 0.1) is 24.0 Å². The number of hydrogen-bond donors (Lipinski definition) is 1. The molecule has 20 heavy (non-hydrogen) atoms. The van der Waals surface area contributed by atoms with E-state index in [4.69, 9.17) is 16.7 Å². The number of benzene rings is 1. The summed E-state index contributed by atoms with van der Waals surface area (Å²) in [6.07, 6.45) is 0. The number of carbonyl (C=O) groups is 1. The first kappa shape index (κ1) is 14.0. The molecule has 1 aromatic heterocycles. The number of hydrogen-bond acceptors (Lipinski definition) is 4. The zero-order chi connectivity index (χ0) is 15.0. The van der Waals surface area contributed by atoms with Crippen molar-refractivity contribution in [2.24, 2.45) is 0 Å². The second-order valence-corrected chi connectivity index (χ2v) is 4.55. The van der Waals surface area contributed by atoms with Crippen molar-refractivity contribution in [3.63, 3.8) is 0 Å². The van der Waals surface area contributed by atoms with E-state index in [1.807, 2.05) is 0 Å². The molecule has 0 amide bonds. The lowest BCUT2D eigenvalue weighted by Crippen LogP contribution is -2.02. The third kappa shape index (κ3) is 2.23. The first-order chi connectivity index (χ1) is 9.32. The molecule has 0 saturated carbocycles. The molecule has 0 unspecified atom stereocenters. The Morgan fingerprint density at radius 3 is 2.60 bits per heavy atom. The Morgan fingerprint density at radius 2 is 2.10 bits per heavy atom. The Hall–Kier alpha value is -2.41. The van der Waals surface area contributed by atoms with Crippen LogP contribution < -0.4 is 0 Å². The number of nitro groups is 1. The van der Waals surface area contributed by atoms with E-state index in [0.29, 0.717) is 11.3 Å². The highest BCUT2D eigenvalue weighted by Gasteiger charge is 2.22. The zero-order valence-corrected chi connectivity index (χ0v) is 11.4. The maximum atomic E-state index is 11.1. The van der Waals surface area contributed by atoms with Gasteiger partial charge in [0.2, 0.25) is 0 Å². The number of nitrogens with zero attached hydrogens (tertiary/aromatic N) is 3. The molecular weight excluding hydrogens is 286 g/mol. The van der Waals surface area contributed by atoms with Crippen molar-refractivity contribution in [1.82, 2.24) is 9.78 Å². The topological polar surface area (TPSA) is 98.3 Å². The molecule has 7 nitrogen and oxygen atoms in total. The molecule has 8 heteroatoms. The number of aromatic carboxylic acids is 1. The van der Waals surface area contributed by atoms with Crippen LogP contribution in [0.25, 0.3) is 5.69 Å². The molecule has 0 saturated heterocycles. The number of non-ortho nitro benzene ring substituents is 1. The second kappa shape index (κ2) is 4.93. The van der Waals surface area contributed by atoms with Gasteiger partial charge < -0.3 is 5.11 Å².